The molecule has 0 aliphatic rings. The van der Waals surface area contributed by atoms with Crippen LogP contribution < -0.4 is 4.74 Å². The maximum absolute atomic E-state index is 11.2. The van der Waals surface area contributed by atoms with Crippen LogP contribution in [-0.4, -0.2) is 19.2 Å². The van der Waals surface area contributed by atoms with E-state index < -0.39 is 0 Å². The highest BCUT2D eigenvalue weighted by atomic mass is 16.5. The molecule has 0 radical (unpaired) electrons. The Labute approximate surface area is 113 Å². The number of hydrogen-bond donors (Lipinski definition) is 0. The van der Waals surface area contributed by atoms with Gasteiger partial charge in [0.1, 0.15) is 5.75 Å². The lowest BCUT2D eigenvalue weighted by Crippen LogP contribution is -2.07. The zero-order valence-corrected chi connectivity index (χ0v) is 11.7. The Morgan fingerprint density at radius 3 is 2.47 bits per heavy atom. The molecule has 0 aliphatic heterocycles. The Morgan fingerprint density at radius 1 is 1.32 bits per heavy atom. The number of aryl methyl sites for hydroxylation is 2. The van der Waals surface area contributed by atoms with Crippen molar-refractivity contribution >= 4 is 5.97 Å². The number of ether oxygens (including phenoxy) is 2. The molecule has 1 aromatic carbocycles. The van der Waals surface area contributed by atoms with Crippen molar-refractivity contribution in [3.05, 3.63) is 28.8 Å². The summed E-state index contributed by atoms with van der Waals surface area (Å²) in [7, 11) is 0. The van der Waals surface area contributed by atoms with Crippen LogP contribution in [0.3, 0.4) is 0 Å². The molecule has 4 heteroatoms. The molecule has 0 aromatic heterocycles. The van der Waals surface area contributed by atoms with E-state index in [1.54, 1.807) is 19.1 Å². The van der Waals surface area contributed by atoms with Crippen molar-refractivity contribution < 1.29 is 14.3 Å². The number of hydrogen-bond acceptors (Lipinski definition) is 4. The van der Waals surface area contributed by atoms with Crippen LogP contribution in [0, 0.1) is 25.2 Å². The third-order valence-electron chi connectivity index (χ3n) is 2.67. The van der Waals surface area contributed by atoms with E-state index in [2.05, 4.69) is 6.07 Å². The predicted octanol–water partition coefficient (Wildman–Crippen LogP) is 2.90. The Hall–Kier alpha value is -2.02. The van der Waals surface area contributed by atoms with Crippen molar-refractivity contribution in [2.45, 2.75) is 33.6 Å². The van der Waals surface area contributed by atoms with Gasteiger partial charge in [-0.25, -0.2) is 0 Å². The molecule has 0 heterocycles. The number of benzene rings is 1. The SMILES string of the molecule is CCOC(=O)CCCOc1c(C)cc(C#N)cc1C. The van der Waals surface area contributed by atoms with E-state index in [1.165, 1.54) is 0 Å². The van der Waals surface area contributed by atoms with Gasteiger partial charge in [-0.05, 0) is 50.5 Å². The van der Waals surface area contributed by atoms with Gasteiger partial charge in [0.2, 0.25) is 0 Å². The number of nitrogens with zero attached hydrogens (tertiary/aromatic N) is 1. The minimum Gasteiger partial charge on any atom is -0.493 e. The number of rotatable bonds is 6. The monoisotopic (exact) mass is 261 g/mol. The van der Waals surface area contributed by atoms with Gasteiger partial charge in [0, 0.05) is 6.42 Å². The quantitative estimate of drug-likeness (QED) is 0.583. The van der Waals surface area contributed by atoms with Crippen molar-refractivity contribution in [1.29, 1.82) is 5.26 Å². The van der Waals surface area contributed by atoms with Gasteiger partial charge >= 0.3 is 5.97 Å². The van der Waals surface area contributed by atoms with E-state index in [0.29, 0.717) is 31.6 Å². The smallest absolute Gasteiger partial charge is 0.305 e. The van der Waals surface area contributed by atoms with Crippen molar-refractivity contribution in [3.8, 4) is 11.8 Å². The van der Waals surface area contributed by atoms with E-state index in [-0.39, 0.29) is 5.97 Å². The maximum Gasteiger partial charge on any atom is 0.305 e. The van der Waals surface area contributed by atoms with Gasteiger partial charge in [-0.1, -0.05) is 0 Å². The van der Waals surface area contributed by atoms with Crippen LogP contribution >= 0.6 is 0 Å². The molecule has 1 aromatic rings. The molecule has 0 unspecified atom stereocenters. The minimum atomic E-state index is -0.195. The predicted molar refractivity (Wildman–Crippen MR) is 72.0 cm³/mol. The average molecular weight is 261 g/mol. The third-order valence-corrected chi connectivity index (χ3v) is 2.67. The van der Waals surface area contributed by atoms with E-state index in [1.807, 2.05) is 13.8 Å². The minimum absolute atomic E-state index is 0.195. The van der Waals surface area contributed by atoms with Crippen LogP contribution in [0.25, 0.3) is 0 Å². The van der Waals surface area contributed by atoms with E-state index in [9.17, 15) is 4.79 Å². The molecule has 0 N–H and O–H groups in total. The summed E-state index contributed by atoms with van der Waals surface area (Å²) in [5, 5.41) is 8.86. The Bertz CT molecular complexity index is 466. The van der Waals surface area contributed by atoms with E-state index in [4.69, 9.17) is 14.7 Å². The highest BCUT2D eigenvalue weighted by molar-refractivity contribution is 5.69. The molecule has 0 atom stereocenters. The van der Waals surface area contributed by atoms with Gasteiger partial charge in [-0.3, -0.25) is 4.79 Å². The molecule has 0 bridgehead atoms. The molecule has 0 amide bonds. The summed E-state index contributed by atoms with van der Waals surface area (Å²) in [5.41, 5.74) is 2.51. The zero-order chi connectivity index (χ0) is 14.3. The van der Waals surface area contributed by atoms with Gasteiger partial charge < -0.3 is 9.47 Å². The highest BCUT2D eigenvalue weighted by Crippen LogP contribution is 2.24. The fraction of sp³-hybridized carbons (Fsp3) is 0.467. The summed E-state index contributed by atoms with van der Waals surface area (Å²) in [5.74, 6) is 0.599. The largest absolute Gasteiger partial charge is 0.493 e. The molecule has 19 heavy (non-hydrogen) atoms. The zero-order valence-electron chi connectivity index (χ0n) is 11.7. The molecule has 1 rings (SSSR count). The summed E-state index contributed by atoms with van der Waals surface area (Å²) in [6.45, 7) is 6.49. The van der Waals surface area contributed by atoms with Crippen LogP contribution in [-0.2, 0) is 9.53 Å². The molecule has 102 valence electrons. The van der Waals surface area contributed by atoms with Crippen LogP contribution in [0.1, 0.15) is 36.5 Å². The van der Waals surface area contributed by atoms with Crippen molar-refractivity contribution in [2.24, 2.45) is 0 Å². The number of carbonyl (C=O) groups excluding carboxylic acids is 1. The fourth-order valence-electron chi connectivity index (χ4n) is 1.87. The standard InChI is InChI=1S/C15H19NO3/c1-4-18-14(17)6-5-7-19-15-11(2)8-13(10-16)9-12(15)3/h8-9H,4-7H2,1-3H3. The fourth-order valence-corrected chi connectivity index (χ4v) is 1.87. The molecule has 0 saturated carbocycles. The first-order chi connectivity index (χ1) is 9.08. The number of carbonyl (C=O) groups is 1. The van der Waals surface area contributed by atoms with Crippen LogP contribution in [0.5, 0.6) is 5.75 Å². The highest BCUT2D eigenvalue weighted by Gasteiger charge is 2.07. The second-order valence-electron chi connectivity index (χ2n) is 4.31. The van der Waals surface area contributed by atoms with Gasteiger partial charge in [-0.15, -0.1) is 0 Å². The molecular formula is C15H19NO3. The van der Waals surface area contributed by atoms with E-state index >= 15 is 0 Å². The molecular weight excluding hydrogens is 242 g/mol. The van der Waals surface area contributed by atoms with Crippen molar-refractivity contribution in [2.75, 3.05) is 13.2 Å². The Balaban J connectivity index is 2.50. The first kappa shape index (κ1) is 15.0. The van der Waals surface area contributed by atoms with Gasteiger partial charge in [0.15, 0.2) is 0 Å². The lowest BCUT2D eigenvalue weighted by Gasteiger charge is -2.12. The van der Waals surface area contributed by atoms with Crippen molar-refractivity contribution in [3.63, 3.8) is 0 Å². The topological polar surface area (TPSA) is 59.3 Å². The molecule has 0 aliphatic carbocycles. The lowest BCUT2D eigenvalue weighted by molar-refractivity contribution is -0.143. The maximum atomic E-state index is 11.2. The van der Waals surface area contributed by atoms with Crippen molar-refractivity contribution in [1.82, 2.24) is 0 Å². The van der Waals surface area contributed by atoms with Gasteiger partial charge in [0.25, 0.3) is 0 Å². The second-order valence-corrected chi connectivity index (χ2v) is 4.31. The Kier molecular flexibility index (Phi) is 5.87. The Morgan fingerprint density at radius 2 is 1.95 bits per heavy atom. The van der Waals surface area contributed by atoms with Gasteiger partial charge in [-0.2, -0.15) is 5.26 Å². The average Bonchev–Trinajstić information content (AvgIpc) is 2.37. The van der Waals surface area contributed by atoms with Crippen LogP contribution in [0.15, 0.2) is 12.1 Å². The van der Waals surface area contributed by atoms with Crippen LogP contribution in [0.2, 0.25) is 0 Å². The number of esters is 1. The lowest BCUT2D eigenvalue weighted by atomic mass is 10.1. The summed E-state index contributed by atoms with van der Waals surface area (Å²) >= 11 is 0. The summed E-state index contributed by atoms with van der Waals surface area (Å²) in [6, 6.07) is 5.71. The summed E-state index contributed by atoms with van der Waals surface area (Å²) in [6.07, 6.45) is 0.986. The molecule has 0 spiro atoms. The normalized spacial score (nSPS) is 9.79. The first-order valence-corrected chi connectivity index (χ1v) is 6.38. The van der Waals surface area contributed by atoms with Crippen LogP contribution in [0.4, 0.5) is 0 Å². The summed E-state index contributed by atoms with van der Waals surface area (Å²) < 4.78 is 10.5. The molecule has 0 fully saturated rings. The number of nitriles is 1. The van der Waals surface area contributed by atoms with Gasteiger partial charge in [0.05, 0.1) is 24.8 Å². The summed E-state index contributed by atoms with van der Waals surface area (Å²) in [4.78, 5) is 11.2. The van der Waals surface area contributed by atoms with E-state index in [0.717, 1.165) is 16.9 Å². The third kappa shape index (κ3) is 4.63. The molecule has 0 saturated heterocycles. The first-order valence-electron chi connectivity index (χ1n) is 6.38. The second kappa shape index (κ2) is 7.42. The molecule has 4 nitrogen and oxygen atoms in total.